The second kappa shape index (κ2) is 5.70. The highest BCUT2D eigenvalue weighted by molar-refractivity contribution is 5.53. The molecule has 1 atom stereocenters. The van der Waals surface area contributed by atoms with E-state index in [9.17, 15) is 4.39 Å². The van der Waals surface area contributed by atoms with Crippen LogP contribution in [0.15, 0.2) is 18.2 Å². The number of hydrogen-bond acceptors (Lipinski definition) is 2. The number of halogens is 1. The third-order valence-electron chi connectivity index (χ3n) is 3.49. The van der Waals surface area contributed by atoms with Gasteiger partial charge in [-0.1, -0.05) is 13.8 Å². The molecule has 1 aromatic rings. The molecule has 1 aromatic carbocycles. The fourth-order valence-corrected chi connectivity index (χ4v) is 2.78. The van der Waals surface area contributed by atoms with E-state index < -0.39 is 0 Å². The zero-order valence-corrected chi connectivity index (χ0v) is 11.5. The number of anilines is 1. The summed E-state index contributed by atoms with van der Waals surface area (Å²) in [4.78, 5) is 2.37. The molecule has 18 heavy (non-hydrogen) atoms. The van der Waals surface area contributed by atoms with Crippen molar-refractivity contribution in [2.24, 2.45) is 0 Å². The van der Waals surface area contributed by atoms with Gasteiger partial charge in [0, 0.05) is 30.9 Å². The lowest BCUT2D eigenvalue weighted by molar-refractivity contribution is 0.394. The third-order valence-corrected chi connectivity index (χ3v) is 3.49. The van der Waals surface area contributed by atoms with Crippen molar-refractivity contribution in [2.45, 2.75) is 45.7 Å². The summed E-state index contributed by atoms with van der Waals surface area (Å²) in [6.45, 7) is 8.44. The van der Waals surface area contributed by atoms with E-state index in [2.05, 4.69) is 24.1 Å². The number of aryl methyl sites for hydroxylation is 1. The second-order valence-electron chi connectivity index (χ2n) is 5.54. The Balaban J connectivity index is 2.08. The monoisotopic (exact) mass is 250 g/mol. The zero-order chi connectivity index (χ0) is 13.1. The first-order valence-corrected chi connectivity index (χ1v) is 6.83. The van der Waals surface area contributed by atoms with Crippen molar-refractivity contribution in [3.05, 3.63) is 29.6 Å². The summed E-state index contributed by atoms with van der Waals surface area (Å²) in [5.74, 6) is -0.148. The molecule has 0 radical (unpaired) electrons. The first kappa shape index (κ1) is 13.3. The van der Waals surface area contributed by atoms with E-state index in [-0.39, 0.29) is 5.82 Å². The molecule has 1 aliphatic rings. The van der Waals surface area contributed by atoms with Crippen LogP contribution in [0.4, 0.5) is 10.1 Å². The summed E-state index contributed by atoms with van der Waals surface area (Å²) < 4.78 is 13.1. The van der Waals surface area contributed by atoms with E-state index in [4.69, 9.17) is 0 Å². The van der Waals surface area contributed by atoms with E-state index in [1.807, 2.05) is 13.0 Å². The van der Waals surface area contributed by atoms with Gasteiger partial charge in [-0.15, -0.1) is 0 Å². The maximum absolute atomic E-state index is 13.1. The van der Waals surface area contributed by atoms with Gasteiger partial charge in [-0.2, -0.15) is 0 Å². The van der Waals surface area contributed by atoms with Crippen molar-refractivity contribution in [2.75, 3.05) is 18.0 Å². The van der Waals surface area contributed by atoms with Crippen molar-refractivity contribution >= 4 is 5.69 Å². The normalized spacial score (nSPS) is 20.5. The van der Waals surface area contributed by atoms with Crippen LogP contribution in [0.5, 0.6) is 0 Å². The lowest BCUT2D eigenvalue weighted by Crippen LogP contribution is -2.48. The third kappa shape index (κ3) is 3.22. The van der Waals surface area contributed by atoms with Crippen LogP contribution in [0.2, 0.25) is 0 Å². The SMILES string of the molecule is Cc1cc(F)ccc1N1CCCC(NC(C)C)C1. The fourth-order valence-electron chi connectivity index (χ4n) is 2.78. The predicted molar refractivity (Wildman–Crippen MR) is 74.6 cm³/mol. The van der Waals surface area contributed by atoms with Crippen LogP contribution < -0.4 is 10.2 Å². The lowest BCUT2D eigenvalue weighted by Gasteiger charge is -2.36. The number of hydrogen-bond donors (Lipinski definition) is 1. The van der Waals surface area contributed by atoms with Crippen molar-refractivity contribution in [3.8, 4) is 0 Å². The molecular formula is C15H23FN2. The summed E-state index contributed by atoms with van der Waals surface area (Å²) in [5, 5.41) is 3.60. The molecule has 0 saturated carbocycles. The van der Waals surface area contributed by atoms with Crippen LogP contribution in [0.25, 0.3) is 0 Å². The topological polar surface area (TPSA) is 15.3 Å². The quantitative estimate of drug-likeness (QED) is 0.886. The summed E-state index contributed by atoms with van der Waals surface area (Å²) in [6.07, 6.45) is 2.43. The molecule has 0 spiro atoms. The molecule has 100 valence electrons. The molecule has 2 nitrogen and oxygen atoms in total. The average molecular weight is 250 g/mol. The predicted octanol–water partition coefficient (Wildman–Crippen LogP) is 3.10. The van der Waals surface area contributed by atoms with Crippen molar-refractivity contribution in [1.82, 2.24) is 5.32 Å². The van der Waals surface area contributed by atoms with E-state index in [1.165, 1.54) is 18.5 Å². The highest BCUT2D eigenvalue weighted by atomic mass is 19.1. The minimum atomic E-state index is -0.148. The molecular weight excluding hydrogens is 227 g/mol. The Morgan fingerprint density at radius 2 is 2.17 bits per heavy atom. The van der Waals surface area contributed by atoms with Gasteiger partial charge in [0.1, 0.15) is 5.82 Å². The molecule has 1 N–H and O–H groups in total. The Morgan fingerprint density at radius 1 is 1.39 bits per heavy atom. The summed E-state index contributed by atoms with van der Waals surface area (Å²) >= 11 is 0. The maximum atomic E-state index is 13.1. The number of nitrogens with one attached hydrogen (secondary N) is 1. The van der Waals surface area contributed by atoms with Crippen LogP contribution >= 0.6 is 0 Å². The van der Waals surface area contributed by atoms with Gasteiger partial charge in [0.2, 0.25) is 0 Å². The van der Waals surface area contributed by atoms with Crippen LogP contribution in [0.1, 0.15) is 32.3 Å². The smallest absolute Gasteiger partial charge is 0.123 e. The standard InChI is InChI=1S/C15H23FN2/c1-11(2)17-14-5-4-8-18(10-14)15-7-6-13(16)9-12(15)3/h6-7,9,11,14,17H,4-5,8,10H2,1-3H3. The molecule has 1 aliphatic heterocycles. The van der Waals surface area contributed by atoms with Crippen LogP contribution in [-0.4, -0.2) is 25.2 Å². The van der Waals surface area contributed by atoms with E-state index in [0.29, 0.717) is 12.1 Å². The summed E-state index contributed by atoms with van der Waals surface area (Å²) in [6, 6.07) is 6.14. The van der Waals surface area contributed by atoms with Crippen LogP contribution in [0, 0.1) is 12.7 Å². The number of benzene rings is 1. The first-order chi connectivity index (χ1) is 8.56. The Bertz CT molecular complexity index is 403. The van der Waals surface area contributed by atoms with Gasteiger partial charge < -0.3 is 10.2 Å². The van der Waals surface area contributed by atoms with E-state index in [0.717, 1.165) is 18.7 Å². The molecule has 2 rings (SSSR count). The highest BCUT2D eigenvalue weighted by Crippen LogP contribution is 2.24. The first-order valence-electron chi connectivity index (χ1n) is 6.83. The largest absolute Gasteiger partial charge is 0.370 e. The Kier molecular flexibility index (Phi) is 4.23. The zero-order valence-electron chi connectivity index (χ0n) is 11.5. The van der Waals surface area contributed by atoms with Gasteiger partial charge in [0.15, 0.2) is 0 Å². The van der Waals surface area contributed by atoms with Crippen LogP contribution in [-0.2, 0) is 0 Å². The Hall–Kier alpha value is -1.09. The van der Waals surface area contributed by atoms with Gasteiger partial charge in [0.05, 0.1) is 0 Å². The molecule has 1 fully saturated rings. The minimum absolute atomic E-state index is 0.148. The summed E-state index contributed by atoms with van der Waals surface area (Å²) in [5.41, 5.74) is 2.20. The van der Waals surface area contributed by atoms with Gasteiger partial charge in [0.25, 0.3) is 0 Å². The molecule has 1 saturated heterocycles. The Morgan fingerprint density at radius 3 is 2.83 bits per heavy atom. The molecule has 3 heteroatoms. The minimum Gasteiger partial charge on any atom is -0.370 e. The summed E-state index contributed by atoms with van der Waals surface area (Å²) in [7, 11) is 0. The van der Waals surface area contributed by atoms with Gasteiger partial charge in [-0.3, -0.25) is 0 Å². The van der Waals surface area contributed by atoms with E-state index in [1.54, 1.807) is 12.1 Å². The second-order valence-corrected chi connectivity index (χ2v) is 5.54. The molecule has 1 unspecified atom stereocenters. The van der Waals surface area contributed by atoms with Crippen molar-refractivity contribution < 1.29 is 4.39 Å². The number of nitrogens with zero attached hydrogens (tertiary/aromatic N) is 1. The van der Waals surface area contributed by atoms with Gasteiger partial charge in [-0.25, -0.2) is 4.39 Å². The maximum Gasteiger partial charge on any atom is 0.123 e. The fraction of sp³-hybridized carbons (Fsp3) is 0.600. The van der Waals surface area contributed by atoms with Crippen molar-refractivity contribution in [3.63, 3.8) is 0 Å². The molecule has 0 aromatic heterocycles. The Labute approximate surface area is 109 Å². The average Bonchev–Trinajstić information content (AvgIpc) is 2.28. The van der Waals surface area contributed by atoms with E-state index >= 15 is 0 Å². The lowest BCUT2D eigenvalue weighted by atomic mass is 10.0. The number of piperidine rings is 1. The molecule has 0 aliphatic carbocycles. The number of rotatable bonds is 3. The van der Waals surface area contributed by atoms with Crippen LogP contribution in [0.3, 0.4) is 0 Å². The molecule has 0 bridgehead atoms. The van der Waals surface area contributed by atoms with Gasteiger partial charge in [-0.05, 0) is 43.5 Å². The van der Waals surface area contributed by atoms with Crippen molar-refractivity contribution in [1.29, 1.82) is 0 Å². The highest BCUT2D eigenvalue weighted by Gasteiger charge is 2.21. The van der Waals surface area contributed by atoms with Gasteiger partial charge >= 0.3 is 0 Å². The molecule has 0 amide bonds. The molecule has 1 heterocycles.